The van der Waals surface area contributed by atoms with Gasteiger partial charge in [0.25, 0.3) is 5.91 Å². The lowest BCUT2D eigenvalue weighted by atomic mass is 10.1. The maximum absolute atomic E-state index is 12.1. The second-order valence-corrected chi connectivity index (χ2v) is 7.92. The molecule has 2 heterocycles. The third kappa shape index (κ3) is 3.70. The van der Waals surface area contributed by atoms with E-state index in [9.17, 15) is 18.3 Å². The number of aromatic nitrogens is 2. The average Bonchev–Trinajstić information content (AvgIpc) is 3.12. The Bertz CT molecular complexity index is 812. The number of nitrogens with zero attached hydrogens (tertiary/aromatic N) is 1. The van der Waals surface area contributed by atoms with Crippen LogP contribution in [0.1, 0.15) is 16.9 Å². The largest absolute Gasteiger partial charge is 0.508 e. The smallest absolute Gasteiger partial charge is 0.269 e. The van der Waals surface area contributed by atoms with Crippen LogP contribution in [-0.4, -0.2) is 47.7 Å². The summed E-state index contributed by atoms with van der Waals surface area (Å²) in [5.41, 5.74) is 1.69. The van der Waals surface area contributed by atoms with Crippen molar-refractivity contribution in [1.82, 2.24) is 15.5 Å². The summed E-state index contributed by atoms with van der Waals surface area (Å²) < 4.78 is 22.8. The van der Waals surface area contributed by atoms with Crippen LogP contribution in [-0.2, 0) is 9.84 Å². The van der Waals surface area contributed by atoms with Crippen molar-refractivity contribution in [2.45, 2.75) is 6.42 Å². The third-order valence-corrected chi connectivity index (χ3v) is 5.70. The van der Waals surface area contributed by atoms with Crippen molar-refractivity contribution in [3.8, 4) is 17.0 Å². The number of phenolic OH excluding ortho intramolecular Hbond substituents is 1. The van der Waals surface area contributed by atoms with Gasteiger partial charge in [-0.3, -0.25) is 9.89 Å². The van der Waals surface area contributed by atoms with Gasteiger partial charge < -0.3 is 10.4 Å². The molecule has 1 aliphatic heterocycles. The molecule has 0 spiro atoms. The molecule has 2 aromatic rings. The maximum atomic E-state index is 12.1. The van der Waals surface area contributed by atoms with Gasteiger partial charge in [0.15, 0.2) is 9.84 Å². The Morgan fingerprint density at radius 1 is 1.35 bits per heavy atom. The molecule has 7 nitrogen and oxygen atoms in total. The Morgan fingerprint density at radius 3 is 2.74 bits per heavy atom. The minimum Gasteiger partial charge on any atom is -0.508 e. The van der Waals surface area contributed by atoms with Crippen molar-refractivity contribution in [2.75, 3.05) is 18.1 Å². The number of carbonyl (C=O) groups is 1. The molecule has 0 saturated carbocycles. The molecule has 3 N–H and O–H groups in total. The first-order valence-electron chi connectivity index (χ1n) is 7.26. The Labute approximate surface area is 133 Å². The molecule has 1 aliphatic rings. The van der Waals surface area contributed by atoms with Crippen LogP contribution in [0, 0.1) is 5.92 Å². The fourth-order valence-electron chi connectivity index (χ4n) is 2.58. The van der Waals surface area contributed by atoms with Gasteiger partial charge in [-0.2, -0.15) is 5.10 Å². The van der Waals surface area contributed by atoms with Crippen molar-refractivity contribution >= 4 is 15.7 Å². The van der Waals surface area contributed by atoms with Crippen LogP contribution in [0.15, 0.2) is 30.3 Å². The minimum atomic E-state index is -2.94. The van der Waals surface area contributed by atoms with Gasteiger partial charge in [-0.15, -0.1) is 0 Å². The quantitative estimate of drug-likeness (QED) is 0.770. The fraction of sp³-hybridized carbons (Fsp3) is 0.333. The molecule has 23 heavy (non-hydrogen) atoms. The summed E-state index contributed by atoms with van der Waals surface area (Å²) in [7, 11) is -2.94. The summed E-state index contributed by atoms with van der Waals surface area (Å²) in [6.45, 7) is 0.339. The molecule has 1 unspecified atom stereocenters. The van der Waals surface area contributed by atoms with Gasteiger partial charge in [0.2, 0.25) is 0 Å². The van der Waals surface area contributed by atoms with Crippen LogP contribution >= 0.6 is 0 Å². The van der Waals surface area contributed by atoms with Crippen molar-refractivity contribution < 1.29 is 18.3 Å². The van der Waals surface area contributed by atoms with E-state index in [-0.39, 0.29) is 29.1 Å². The Hall–Kier alpha value is -2.35. The zero-order valence-corrected chi connectivity index (χ0v) is 13.1. The monoisotopic (exact) mass is 335 g/mol. The van der Waals surface area contributed by atoms with Gasteiger partial charge >= 0.3 is 0 Å². The molecule has 1 aromatic carbocycles. The van der Waals surface area contributed by atoms with Gasteiger partial charge in [0.1, 0.15) is 11.4 Å². The van der Waals surface area contributed by atoms with E-state index in [2.05, 4.69) is 15.5 Å². The number of amides is 1. The van der Waals surface area contributed by atoms with E-state index >= 15 is 0 Å². The lowest BCUT2D eigenvalue weighted by Crippen LogP contribution is -2.30. The van der Waals surface area contributed by atoms with E-state index in [4.69, 9.17) is 0 Å². The Balaban J connectivity index is 1.61. The van der Waals surface area contributed by atoms with Crippen LogP contribution in [0.25, 0.3) is 11.3 Å². The number of aromatic amines is 1. The molecular formula is C15H17N3O4S. The molecule has 1 atom stereocenters. The summed E-state index contributed by atoms with van der Waals surface area (Å²) in [6.07, 6.45) is 0.588. The molecule has 1 aromatic heterocycles. The topological polar surface area (TPSA) is 112 Å². The van der Waals surface area contributed by atoms with Crippen molar-refractivity contribution in [3.05, 3.63) is 36.0 Å². The van der Waals surface area contributed by atoms with Gasteiger partial charge in [-0.1, -0.05) is 0 Å². The molecule has 0 aliphatic carbocycles. The molecule has 1 amide bonds. The predicted molar refractivity (Wildman–Crippen MR) is 84.8 cm³/mol. The van der Waals surface area contributed by atoms with Crippen molar-refractivity contribution in [3.63, 3.8) is 0 Å². The number of H-pyrrole nitrogens is 1. The van der Waals surface area contributed by atoms with Crippen LogP contribution in [0.2, 0.25) is 0 Å². The van der Waals surface area contributed by atoms with E-state index in [0.29, 0.717) is 24.4 Å². The van der Waals surface area contributed by atoms with Gasteiger partial charge in [0.05, 0.1) is 17.2 Å². The van der Waals surface area contributed by atoms with Gasteiger partial charge in [-0.25, -0.2) is 8.42 Å². The second-order valence-electron chi connectivity index (χ2n) is 5.69. The highest BCUT2D eigenvalue weighted by molar-refractivity contribution is 7.91. The highest BCUT2D eigenvalue weighted by Gasteiger charge is 2.28. The number of hydrogen-bond acceptors (Lipinski definition) is 5. The van der Waals surface area contributed by atoms with E-state index in [1.807, 2.05) is 0 Å². The summed E-state index contributed by atoms with van der Waals surface area (Å²) >= 11 is 0. The number of rotatable bonds is 4. The van der Waals surface area contributed by atoms with Gasteiger partial charge in [-0.05, 0) is 42.7 Å². The van der Waals surface area contributed by atoms with Gasteiger partial charge in [0, 0.05) is 12.1 Å². The van der Waals surface area contributed by atoms with E-state index < -0.39 is 9.84 Å². The molecule has 0 radical (unpaired) electrons. The average molecular weight is 335 g/mol. The fourth-order valence-corrected chi connectivity index (χ4v) is 4.45. The van der Waals surface area contributed by atoms with Crippen LogP contribution in [0.5, 0.6) is 5.75 Å². The maximum Gasteiger partial charge on any atom is 0.269 e. The number of phenols is 1. The lowest BCUT2D eigenvalue weighted by Gasteiger charge is -2.08. The minimum absolute atomic E-state index is 0.0246. The first-order chi connectivity index (χ1) is 10.9. The summed E-state index contributed by atoms with van der Waals surface area (Å²) in [4.78, 5) is 12.1. The number of sulfone groups is 1. The van der Waals surface area contributed by atoms with E-state index in [0.717, 1.165) is 5.56 Å². The van der Waals surface area contributed by atoms with Crippen LogP contribution in [0.3, 0.4) is 0 Å². The highest BCUT2D eigenvalue weighted by atomic mass is 32.2. The summed E-state index contributed by atoms with van der Waals surface area (Å²) in [5, 5.41) is 18.8. The molecular weight excluding hydrogens is 318 g/mol. The molecule has 122 valence electrons. The van der Waals surface area contributed by atoms with Crippen LogP contribution in [0.4, 0.5) is 0 Å². The normalized spacial score (nSPS) is 19.6. The number of aromatic hydroxyl groups is 1. The number of benzene rings is 1. The summed E-state index contributed by atoms with van der Waals surface area (Å²) in [5.74, 6) is 0.154. The molecule has 1 saturated heterocycles. The first-order valence-corrected chi connectivity index (χ1v) is 9.08. The number of carbonyl (C=O) groups excluding carboxylic acids is 1. The molecule has 8 heteroatoms. The Kier molecular flexibility index (Phi) is 4.08. The standard InChI is InChI=1S/C15H17N3O4S/c19-12-3-1-11(2-4-12)13-7-14(18-17-13)15(20)16-8-10-5-6-23(21,22)9-10/h1-4,7,10,19H,5-6,8-9H2,(H,16,20)(H,17,18). The Morgan fingerprint density at radius 2 is 2.09 bits per heavy atom. The number of nitrogens with one attached hydrogen (secondary N) is 2. The predicted octanol–water partition coefficient (Wildman–Crippen LogP) is 0.947. The van der Waals surface area contributed by atoms with Crippen molar-refractivity contribution in [2.24, 2.45) is 5.92 Å². The van der Waals surface area contributed by atoms with E-state index in [1.54, 1.807) is 30.3 Å². The summed E-state index contributed by atoms with van der Waals surface area (Å²) in [6, 6.07) is 8.12. The SMILES string of the molecule is O=C(NCC1CCS(=O)(=O)C1)c1cc(-c2ccc(O)cc2)n[nH]1. The molecule has 0 bridgehead atoms. The zero-order valence-electron chi connectivity index (χ0n) is 12.3. The first kappa shape index (κ1) is 15.5. The lowest BCUT2D eigenvalue weighted by molar-refractivity contribution is 0.0943. The second kappa shape index (κ2) is 6.04. The molecule has 3 rings (SSSR count). The third-order valence-electron chi connectivity index (χ3n) is 3.86. The van der Waals surface area contributed by atoms with E-state index in [1.165, 1.54) is 0 Å². The number of hydrogen-bond donors (Lipinski definition) is 3. The van der Waals surface area contributed by atoms with Crippen LogP contribution < -0.4 is 5.32 Å². The van der Waals surface area contributed by atoms with Crippen molar-refractivity contribution in [1.29, 1.82) is 0 Å². The highest BCUT2D eigenvalue weighted by Crippen LogP contribution is 2.21. The molecule has 1 fully saturated rings. The zero-order chi connectivity index (χ0) is 16.4.